The molecule has 0 fully saturated rings. The molecular formula is C12H13ClN4O2S. The summed E-state index contributed by atoms with van der Waals surface area (Å²) in [5.74, 6) is -0.0880. The first kappa shape index (κ1) is 14.5. The van der Waals surface area contributed by atoms with Crippen molar-refractivity contribution < 1.29 is 8.42 Å². The fourth-order valence-electron chi connectivity index (χ4n) is 1.66. The monoisotopic (exact) mass is 312 g/mol. The van der Waals surface area contributed by atoms with Crippen molar-refractivity contribution in [1.82, 2.24) is 9.97 Å². The van der Waals surface area contributed by atoms with Crippen LogP contribution >= 0.6 is 11.6 Å². The van der Waals surface area contributed by atoms with Crippen LogP contribution in [0.25, 0.3) is 0 Å². The third kappa shape index (κ3) is 3.17. The first-order valence-corrected chi connectivity index (χ1v) is 7.54. The molecule has 2 rings (SSSR count). The Balaban J connectivity index is 2.40. The van der Waals surface area contributed by atoms with E-state index < -0.39 is 10.0 Å². The Labute approximate surface area is 122 Å². The van der Waals surface area contributed by atoms with Crippen molar-refractivity contribution in [2.45, 2.75) is 18.7 Å². The van der Waals surface area contributed by atoms with Gasteiger partial charge >= 0.3 is 0 Å². The number of hydrogen-bond donors (Lipinski definition) is 2. The minimum atomic E-state index is -3.85. The number of nitrogens with one attached hydrogen (secondary N) is 1. The highest BCUT2D eigenvalue weighted by Gasteiger charge is 2.19. The predicted octanol–water partition coefficient (Wildman–Crippen LogP) is 2.13. The third-order valence-corrected chi connectivity index (χ3v) is 4.10. The summed E-state index contributed by atoms with van der Waals surface area (Å²) in [6.45, 7) is 3.51. The quantitative estimate of drug-likeness (QED) is 0.668. The first-order chi connectivity index (χ1) is 9.28. The molecule has 0 saturated heterocycles. The highest BCUT2D eigenvalue weighted by atomic mass is 35.5. The van der Waals surface area contributed by atoms with Gasteiger partial charge in [-0.1, -0.05) is 17.7 Å². The van der Waals surface area contributed by atoms with Gasteiger partial charge in [-0.3, -0.25) is 0 Å². The molecule has 20 heavy (non-hydrogen) atoms. The van der Waals surface area contributed by atoms with E-state index in [2.05, 4.69) is 14.7 Å². The van der Waals surface area contributed by atoms with Gasteiger partial charge in [-0.15, -0.1) is 0 Å². The Morgan fingerprint density at radius 1 is 1.20 bits per heavy atom. The maximum Gasteiger partial charge on any atom is 0.266 e. The second-order valence-corrected chi connectivity index (χ2v) is 6.34. The Hall–Kier alpha value is -1.86. The topological polar surface area (TPSA) is 98.0 Å². The molecule has 2 aromatic rings. The van der Waals surface area contributed by atoms with Gasteiger partial charge in [-0.25, -0.2) is 23.1 Å². The van der Waals surface area contributed by atoms with Crippen LogP contribution in [-0.4, -0.2) is 18.4 Å². The smallest absolute Gasteiger partial charge is 0.266 e. The van der Waals surface area contributed by atoms with Gasteiger partial charge in [0.2, 0.25) is 5.95 Å². The van der Waals surface area contributed by atoms with Crippen molar-refractivity contribution in [3.05, 3.63) is 40.7 Å². The molecular weight excluding hydrogens is 300 g/mol. The van der Waals surface area contributed by atoms with Crippen LogP contribution in [0.15, 0.2) is 29.2 Å². The second kappa shape index (κ2) is 5.26. The van der Waals surface area contributed by atoms with E-state index in [1.807, 2.05) is 6.92 Å². The Bertz CT molecular complexity index is 742. The molecule has 6 nitrogen and oxygen atoms in total. The molecule has 8 heteroatoms. The summed E-state index contributed by atoms with van der Waals surface area (Å²) in [4.78, 5) is 7.76. The van der Waals surface area contributed by atoms with Crippen molar-refractivity contribution >= 4 is 33.3 Å². The molecule has 3 N–H and O–H groups in total. The number of nitrogens with zero attached hydrogens (tertiary/aromatic N) is 2. The summed E-state index contributed by atoms with van der Waals surface area (Å²) >= 11 is 5.77. The van der Waals surface area contributed by atoms with Crippen LogP contribution < -0.4 is 10.5 Å². The van der Waals surface area contributed by atoms with Crippen LogP contribution in [0.3, 0.4) is 0 Å². The highest BCUT2D eigenvalue weighted by Crippen LogP contribution is 2.22. The lowest BCUT2D eigenvalue weighted by molar-refractivity contribution is 0.601. The molecule has 1 aromatic carbocycles. The van der Waals surface area contributed by atoms with E-state index in [0.717, 1.165) is 5.56 Å². The molecule has 0 saturated carbocycles. The summed E-state index contributed by atoms with van der Waals surface area (Å²) in [6, 6.07) is 6.21. The molecule has 0 atom stereocenters. The molecule has 1 aromatic heterocycles. The lowest BCUT2D eigenvalue weighted by atomic mass is 10.2. The van der Waals surface area contributed by atoms with E-state index in [4.69, 9.17) is 17.3 Å². The molecule has 1 heterocycles. The summed E-state index contributed by atoms with van der Waals surface area (Å²) < 4.78 is 26.7. The van der Waals surface area contributed by atoms with Crippen LogP contribution in [-0.2, 0) is 10.0 Å². The van der Waals surface area contributed by atoms with Crippen LogP contribution in [0.2, 0.25) is 5.15 Å². The minimum absolute atomic E-state index is 0.0238. The number of halogens is 1. The molecule has 0 aliphatic carbocycles. The first-order valence-electron chi connectivity index (χ1n) is 5.68. The number of nitrogen functional groups attached to an aromatic ring is 1. The van der Waals surface area contributed by atoms with Gasteiger partial charge in [-0.2, -0.15) is 0 Å². The largest absolute Gasteiger partial charge is 0.398 e. The molecule has 0 amide bonds. The van der Waals surface area contributed by atoms with Crippen molar-refractivity contribution in [3.63, 3.8) is 0 Å². The van der Waals surface area contributed by atoms with Gasteiger partial charge in [0.05, 0.1) is 5.69 Å². The molecule has 0 aliphatic heterocycles. The van der Waals surface area contributed by atoms with E-state index in [0.29, 0.717) is 5.69 Å². The van der Waals surface area contributed by atoms with Gasteiger partial charge in [-0.05, 0) is 37.6 Å². The number of benzene rings is 1. The molecule has 106 valence electrons. The van der Waals surface area contributed by atoms with E-state index >= 15 is 0 Å². The Morgan fingerprint density at radius 2 is 1.90 bits per heavy atom. The second-order valence-electron chi connectivity index (χ2n) is 4.30. The van der Waals surface area contributed by atoms with Gasteiger partial charge in [0, 0.05) is 5.69 Å². The third-order valence-electron chi connectivity index (χ3n) is 2.50. The van der Waals surface area contributed by atoms with E-state index in [1.54, 1.807) is 19.1 Å². The molecule has 0 bridgehead atoms. The van der Waals surface area contributed by atoms with Crippen molar-refractivity contribution in [3.8, 4) is 0 Å². The number of hydrogen-bond acceptors (Lipinski definition) is 5. The van der Waals surface area contributed by atoms with Crippen LogP contribution in [0.1, 0.15) is 11.3 Å². The normalized spacial score (nSPS) is 11.3. The molecule has 0 unspecified atom stereocenters. The zero-order valence-electron chi connectivity index (χ0n) is 10.9. The minimum Gasteiger partial charge on any atom is -0.398 e. The number of aromatic nitrogens is 2. The average molecular weight is 313 g/mol. The molecule has 0 radical (unpaired) electrons. The zero-order valence-corrected chi connectivity index (χ0v) is 12.5. The summed E-state index contributed by atoms with van der Waals surface area (Å²) in [5.41, 5.74) is 7.32. The number of sulfonamides is 1. The van der Waals surface area contributed by atoms with Crippen LogP contribution in [0, 0.1) is 13.8 Å². The average Bonchev–Trinajstić information content (AvgIpc) is 2.25. The van der Waals surface area contributed by atoms with Gasteiger partial charge in [0.1, 0.15) is 10.0 Å². The van der Waals surface area contributed by atoms with E-state index in [-0.39, 0.29) is 21.7 Å². The zero-order chi connectivity index (χ0) is 14.9. The summed E-state index contributed by atoms with van der Waals surface area (Å²) in [6.07, 6.45) is 0. The fourth-order valence-corrected chi connectivity index (χ4v) is 2.96. The lowest BCUT2D eigenvalue weighted by Crippen LogP contribution is -2.17. The Kier molecular flexibility index (Phi) is 3.82. The number of nitrogens with two attached hydrogens (primary N) is 1. The van der Waals surface area contributed by atoms with Gasteiger partial charge in [0.25, 0.3) is 10.0 Å². The number of anilines is 2. The van der Waals surface area contributed by atoms with Crippen molar-refractivity contribution in [2.75, 3.05) is 10.5 Å². The maximum atomic E-state index is 12.2. The SMILES string of the molecule is Cc1ccc(S(=O)(=O)Nc2nc(C)cc(Cl)n2)c(N)c1. The van der Waals surface area contributed by atoms with Crippen LogP contribution in [0.5, 0.6) is 0 Å². The van der Waals surface area contributed by atoms with Crippen molar-refractivity contribution in [1.29, 1.82) is 0 Å². The van der Waals surface area contributed by atoms with Crippen LogP contribution in [0.4, 0.5) is 11.6 Å². The van der Waals surface area contributed by atoms with E-state index in [9.17, 15) is 8.42 Å². The van der Waals surface area contributed by atoms with Crippen molar-refractivity contribution in [2.24, 2.45) is 0 Å². The number of rotatable bonds is 3. The lowest BCUT2D eigenvalue weighted by Gasteiger charge is -2.10. The highest BCUT2D eigenvalue weighted by molar-refractivity contribution is 7.92. The van der Waals surface area contributed by atoms with Gasteiger partial charge in [0.15, 0.2) is 0 Å². The molecule has 0 spiro atoms. The van der Waals surface area contributed by atoms with E-state index in [1.165, 1.54) is 12.1 Å². The summed E-state index contributed by atoms with van der Waals surface area (Å²) in [7, 11) is -3.85. The standard InChI is InChI=1S/C12H13ClN4O2S/c1-7-3-4-10(9(14)5-7)20(18,19)17-12-15-8(2)6-11(13)16-12/h3-6H,14H2,1-2H3,(H,15,16,17). The summed E-state index contributed by atoms with van der Waals surface area (Å²) in [5, 5.41) is 0.159. The molecule has 0 aliphatic rings. The Morgan fingerprint density at radius 3 is 2.50 bits per heavy atom. The number of aryl methyl sites for hydroxylation is 2. The van der Waals surface area contributed by atoms with Gasteiger partial charge < -0.3 is 5.73 Å². The maximum absolute atomic E-state index is 12.2. The predicted molar refractivity (Wildman–Crippen MR) is 78.2 cm³/mol. The fraction of sp³-hybridized carbons (Fsp3) is 0.167.